The van der Waals surface area contributed by atoms with Crippen LogP contribution in [0.15, 0.2) is 72.8 Å². The van der Waals surface area contributed by atoms with Gasteiger partial charge >= 0.3 is 5.97 Å². The average Bonchev–Trinajstić information content (AvgIpc) is 2.97. The molecule has 1 amide bonds. The van der Waals surface area contributed by atoms with E-state index in [-0.39, 0.29) is 24.5 Å². The van der Waals surface area contributed by atoms with Crippen LogP contribution in [0.25, 0.3) is 0 Å². The minimum atomic E-state index is -1.90. The monoisotopic (exact) mass is 585 g/mol. The molecule has 0 aromatic heterocycles. The quantitative estimate of drug-likeness (QED) is 0.238. The SMILES string of the molecule is O=C(O)[C@H]1O[C@H](O[C@@H](CCC2C(=O)N(c3ccc(F)cc3)C2c2ccc(O)cc2)c2ccc(F)cc2)[C@H](O)[C@@H](O)[C@@H]1O. The molecule has 0 aliphatic carbocycles. The van der Waals surface area contributed by atoms with Gasteiger partial charge in [0.1, 0.15) is 35.7 Å². The van der Waals surface area contributed by atoms with E-state index in [1.807, 2.05) is 0 Å². The number of hydrogen-bond acceptors (Lipinski definition) is 8. The molecule has 0 radical (unpaired) electrons. The van der Waals surface area contributed by atoms with E-state index in [0.29, 0.717) is 16.8 Å². The molecule has 0 saturated carbocycles. The Labute approximate surface area is 239 Å². The Morgan fingerprint density at radius 1 is 0.881 bits per heavy atom. The maximum Gasteiger partial charge on any atom is 0.335 e. The Morgan fingerprint density at radius 2 is 1.48 bits per heavy atom. The minimum Gasteiger partial charge on any atom is -0.508 e. The van der Waals surface area contributed by atoms with Gasteiger partial charge in [0.2, 0.25) is 5.91 Å². The summed E-state index contributed by atoms with van der Waals surface area (Å²) in [7, 11) is 0. The molecule has 5 N–H and O–H groups in total. The first-order valence-electron chi connectivity index (χ1n) is 13.3. The van der Waals surface area contributed by atoms with Gasteiger partial charge in [-0.05, 0) is 72.5 Å². The van der Waals surface area contributed by atoms with Crippen LogP contribution in [0.1, 0.15) is 36.1 Å². The van der Waals surface area contributed by atoms with Gasteiger partial charge in [0.25, 0.3) is 0 Å². The lowest BCUT2D eigenvalue weighted by molar-refractivity contribution is -0.306. The van der Waals surface area contributed by atoms with E-state index in [1.165, 1.54) is 65.6 Å². The van der Waals surface area contributed by atoms with Crippen molar-refractivity contribution in [3.63, 3.8) is 0 Å². The van der Waals surface area contributed by atoms with Crippen molar-refractivity contribution in [3.8, 4) is 5.75 Å². The minimum absolute atomic E-state index is 0.0390. The van der Waals surface area contributed by atoms with Crippen LogP contribution in [0.3, 0.4) is 0 Å². The smallest absolute Gasteiger partial charge is 0.335 e. The van der Waals surface area contributed by atoms with Crippen LogP contribution in [-0.2, 0) is 19.1 Å². The molecule has 222 valence electrons. The number of rotatable bonds is 9. The van der Waals surface area contributed by atoms with Crippen molar-refractivity contribution in [2.45, 2.75) is 55.7 Å². The van der Waals surface area contributed by atoms with Crippen molar-refractivity contribution < 1.29 is 53.4 Å². The van der Waals surface area contributed by atoms with Crippen LogP contribution in [-0.4, -0.2) is 68.1 Å². The summed E-state index contributed by atoms with van der Waals surface area (Å²) in [6, 6.07) is 16.5. The van der Waals surface area contributed by atoms with Crippen molar-refractivity contribution in [2.24, 2.45) is 5.92 Å². The molecule has 0 spiro atoms. The maximum absolute atomic E-state index is 13.7. The summed E-state index contributed by atoms with van der Waals surface area (Å²) in [6.07, 6.45) is -9.75. The van der Waals surface area contributed by atoms with E-state index in [0.717, 1.165) is 0 Å². The van der Waals surface area contributed by atoms with Gasteiger partial charge in [0.05, 0.1) is 18.1 Å². The highest BCUT2D eigenvalue weighted by Crippen LogP contribution is 2.47. The summed E-state index contributed by atoms with van der Waals surface area (Å²) in [5.41, 5.74) is 1.63. The number of benzene rings is 3. The summed E-state index contributed by atoms with van der Waals surface area (Å²) >= 11 is 0. The maximum atomic E-state index is 13.7. The number of phenols is 1. The highest BCUT2D eigenvalue weighted by atomic mass is 19.1. The Morgan fingerprint density at radius 3 is 2.07 bits per heavy atom. The number of anilines is 1. The van der Waals surface area contributed by atoms with Crippen LogP contribution >= 0.6 is 0 Å². The molecule has 42 heavy (non-hydrogen) atoms. The largest absolute Gasteiger partial charge is 0.508 e. The highest BCUT2D eigenvalue weighted by Gasteiger charge is 2.50. The van der Waals surface area contributed by atoms with E-state index in [4.69, 9.17) is 9.47 Å². The molecule has 2 saturated heterocycles. The van der Waals surface area contributed by atoms with Crippen molar-refractivity contribution in [1.29, 1.82) is 0 Å². The number of amides is 1. The lowest BCUT2D eigenvalue weighted by Crippen LogP contribution is -2.60. The number of halogens is 2. The first kappa shape index (κ1) is 29.5. The normalized spacial score (nSPS) is 28.3. The zero-order valence-electron chi connectivity index (χ0n) is 22.0. The summed E-state index contributed by atoms with van der Waals surface area (Å²) in [5, 5.41) is 49.9. The lowest BCUT2D eigenvalue weighted by atomic mass is 9.78. The molecule has 3 aromatic rings. The van der Waals surface area contributed by atoms with Gasteiger partial charge in [0, 0.05) is 5.69 Å². The van der Waals surface area contributed by atoms with Crippen LogP contribution in [0.5, 0.6) is 5.75 Å². The zero-order valence-corrected chi connectivity index (χ0v) is 22.0. The number of β-lactam (4-membered cyclic amide) rings is 1. The topological polar surface area (TPSA) is 157 Å². The van der Waals surface area contributed by atoms with Crippen molar-refractivity contribution in [2.75, 3.05) is 4.90 Å². The van der Waals surface area contributed by atoms with E-state index in [2.05, 4.69) is 0 Å². The molecule has 2 heterocycles. The number of ether oxygens (including phenoxy) is 2. The molecule has 0 bridgehead atoms. The van der Waals surface area contributed by atoms with E-state index in [1.54, 1.807) is 12.1 Å². The first-order chi connectivity index (χ1) is 20.0. The third-order valence-electron chi connectivity index (χ3n) is 7.65. The van der Waals surface area contributed by atoms with Gasteiger partial charge < -0.3 is 39.9 Å². The van der Waals surface area contributed by atoms with Crippen molar-refractivity contribution in [1.82, 2.24) is 0 Å². The van der Waals surface area contributed by atoms with Crippen LogP contribution in [0.4, 0.5) is 14.5 Å². The van der Waals surface area contributed by atoms with Crippen molar-refractivity contribution in [3.05, 3.63) is 95.6 Å². The summed E-state index contributed by atoms with van der Waals surface area (Å²) in [6.45, 7) is 0. The number of carbonyl (C=O) groups excluding carboxylic acids is 1. The van der Waals surface area contributed by atoms with Crippen LogP contribution in [0.2, 0.25) is 0 Å². The number of aliphatic hydroxyl groups is 3. The Hall–Kier alpha value is -3.94. The Balaban J connectivity index is 1.40. The third kappa shape index (κ3) is 5.85. The number of nitrogens with zero attached hydrogens (tertiary/aromatic N) is 1. The average molecular weight is 586 g/mol. The second-order valence-corrected chi connectivity index (χ2v) is 10.3. The van der Waals surface area contributed by atoms with E-state index < -0.39 is 66.4 Å². The van der Waals surface area contributed by atoms with Gasteiger partial charge in [-0.15, -0.1) is 0 Å². The molecule has 3 aromatic carbocycles. The van der Waals surface area contributed by atoms with Crippen LogP contribution < -0.4 is 4.90 Å². The molecule has 2 fully saturated rings. The summed E-state index contributed by atoms with van der Waals surface area (Å²) in [5.74, 6) is -3.36. The van der Waals surface area contributed by atoms with Crippen molar-refractivity contribution >= 4 is 17.6 Å². The molecule has 2 aliphatic heterocycles. The summed E-state index contributed by atoms with van der Waals surface area (Å²) in [4.78, 5) is 26.5. The lowest BCUT2D eigenvalue weighted by Gasteiger charge is -2.48. The molecule has 8 atom stereocenters. The summed E-state index contributed by atoms with van der Waals surface area (Å²) < 4.78 is 38.5. The number of aliphatic carboxylic acids is 1. The fourth-order valence-electron chi connectivity index (χ4n) is 5.42. The zero-order chi connectivity index (χ0) is 30.1. The van der Waals surface area contributed by atoms with Crippen LogP contribution in [0, 0.1) is 17.6 Å². The second kappa shape index (κ2) is 12.1. The fourth-order valence-corrected chi connectivity index (χ4v) is 5.42. The first-order valence-corrected chi connectivity index (χ1v) is 13.3. The number of carboxylic acids is 1. The predicted octanol–water partition coefficient (Wildman–Crippen LogP) is 2.80. The van der Waals surface area contributed by atoms with Gasteiger partial charge in [-0.3, -0.25) is 4.79 Å². The number of phenolic OH excluding ortho intramolecular Hbond substituents is 1. The molecule has 2 unspecified atom stereocenters. The Kier molecular flexibility index (Phi) is 8.53. The molecule has 5 rings (SSSR count). The number of aromatic hydroxyl groups is 1. The molecular formula is C30H29F2NO9. The van der Waals surface area contributed by atoms with Gasteiger partial charge in [-0.1, -0.05) is 24.3 Å². The number of hydrogen-bond donors (Lipinski definition) is 5. The molecule has 10 nitrogen and oxygen atoms in total. The molecule has 2 aliphatic rings. The van der Waals surface area contributed by atoms with Gasteiger partial charge in [-0.2, -0.15) is 0 Å². The van der Waals surface area contributed by atoms with E-state index in [9.17, 15) is 43.9 Å². The number of carbonyl (C=O) groups is 2. The van der Waals surface area contributed by atoms with Gasteiger partial charge in [-0.25, -0.2) is 13.6 Å². The fraction of sp³-hybridized carbons (Fsp3) is 0.333. The molecule has 12 heteroatoms. The number of aliphatic hydroxyl groups excluding tert-OH is 3. The highest BCUT2D eigenvalue weighted by molar-refractivity contribution is 6.03. The standard InChI is InChI=1S/C30H29F2NO9/c31-17-5-1-15(2-6-17)22(41-30-26(37)24(35)25(36)27(42-30)29(39)40)14-13-21-23(16-3-11-20(34)12-4-16)33(28(21)38)19-9-7-18(32)8-10-19/h1-12,21-27,30,34-37H,13-14H2,(H,39,40)/t21?,22-,23?,24-,25-,26+,27-,30-/m0/s1. The number of carboxylic acid groups (broad SMARTS) is 1. The Bertz CT molecular complexity index is 1400. The third-order valence-corrected chi connectivity index (χ3v) is 7.65. The molecular weight excluding hydrogens is 556 g/mol. The predicted molar refractivity (Wildman–Crippen MR) is 142 cm³/mol. The second-order valence-electron chi connectivity index (χ2n) is 10.3. The van der Waals surface area contributed by atoms with Gasteiger partial charge in [0.15, 0.2) is 12.4 Å². The van der Waals surface area contributed by atoms with E-state index >= 15 is 0 Å².